The first-order valence-corrected chi connectivity index (χ1v) is 9.96. The first-order valence-electron chi connectivity index (χ1n) is 7.55. The molecule has 0 aliphatic carbocycles. The number of aryl methyl sites for hydroxylation is 1. The van der Waals surface area contributed by atoms with Gasteiger partial charge in [-0.1, -0.05) is 17.7 Å². The monoisotopic (exact) mass is 393 g/mol. The van der Waals surface area contributed by atoms with Gasteiger partial charge in [0.1, 0.15) is 0 Å². The normalized spacial score (nSPS) is 11.0. The molecule has 0 fully saturated rings. The van der Waals surface area contributed by atoms with Gasteiger partial charge in [0.05, 0.1) is 11.4 Å². The Kier molecular flexibility index (Phi) is 5.46. The summed E-state index contributed by atoms with van der Waals surface area (Å²) in [4.78, 5) is 29.4. The van der Waals surface area contributed by atoms with E-state index in [1.807, 2.05) is 25.3 Å². The standard InChI is InChI=1S/C17H16ClN3O2S2/c1-10-7-25-17-19-12(6-16(23)21(10)17)8-24-9-15(22)20-14-5-3-4-13(18)11(14)2/h3-7H,8-9H2,1-2H3,(H,20,22). The van der Waals surface area contributed by atoms with Crippen molar-refractivity contribution in [3.63, 3.8) is 0 Å². The van der Waals surface area contributed by atoms with Gasteiger partial charge in [-0.25, -0.2) is 4.98 Å². The van der Waals surface area contributed by atoms with Crippen LogP contribution in [0.15, 0.2) is 34.4 Å². The second-order valence-corrected chi connectivity index (χ2v) is 7.76. The largest absolute Gasteiger partial charge is 0.325 e. The van der Waals surface area contributed by atoms with Crippen molar-refractivity contribution in [1.82, 2.24) is 9.38 Å². The second-order valence-electron chi connectivity index (χ2n) is 5.53. The van der Waals surface area contributed by atoms with Crippen molar-refractivity contribution in [3.05, 3.63) is 62.0 Å². The fourth-order valence-electron chi connectivity index (χ4n) is 2.35. The van der Waals surface area contributed by atoms with E-state index in [-0.39, 0.29) is 17.2 Å². The van der Waals surface area contributed by atoms with E-state index in [9.17, 15) is 9.59 Å². The highest BCUT2D eigenvalue weighted by atomic mass is 35.5. The number of hydrogen-bond acceptors (Lipinski definition) is 5. The lowest BCUT2D eigenvalue weighted by Gasteiger charge is -2.09. The van der Waals surface area contributed by atoms with Gasteiger partial charge in [-0.2, -0.15) is 0 Å². The van der Waals surface area contributed by atoms with Crippen LogP contribution in [0.2, 0.25) is 5.02 Å². The van der Waals surface area contributed by atoms with Crippen LogP contribution in [0.1, 0.15) is 17.0 Å². The minimum atomic E-state index is -0.111. The van der Waals surface area contributed by atoms with Crippen LogP contribution in [0.4, 0.5) is 5.69 Å². The molecule has 1 aromatic carbocycles. The summed E-state index contributed by atoms with van der Waals surface area (Å²) in [7, 11) is 0. The lowest BCUT2D eigenvalue weighted by atomic mass is 10.2. The lowest BCUT2D eigenvalue weighted by molar-refractivity contribution is -0.113. The summed E-state index contributed by atoms with van der Waals surface area (Å²) in [6.07, 6.45) is 0. The molecule has 0 saturated carbocycles. The summed E-state index contributed by atoms with van der Waals surface area (Å²) in [5.41, 5.74) is 3.04. The molecule has 2 aromatic heterocycles. The van der Waals surface area contributed by atoms with E-state index in [1.165, 1.54) is 29.2 Å². The minimum absolute atomic E-state index is 0.0849. The molecule has 0 saturated heterocycles. The molecule has 1 amide bonds. The van der Waals surface area contributed by atoms with Crippen molar-refractivity contribution in [2.75, 3.05) is 11.1 Å². The Balaban J connectivity index is 1.60. The van der Waals surface area contributed by atoms with Gasteiger partial charge in [0, 0.05) is 33.6 Å². The maximum atomic E-state index is 12.1. The number of amides is 1. The van der Waals surface area contributed by atoms with Gasteiger partial charge in [0.25, 0.3) is 5.56 Å². The van der Waals surface area contributed by atoms with Crippen molar-refractivity contribution in [1.29, 1.82) is 0 Å². The van der Waals surface area contributed by atoms with Gasteiger partial charge in [0.2, 0.25) is 5.91 Å². The molecule has 130 valence electrons. The van der Waals surface area contributed by atoms with Gasteiger partial charge >= 0.3 is 0 Å². The Morgan fingerprint density at radius 2 is 2.20 bits per heavy atom. The third-order valence-electron chi connectivity index (χ3n) is 3.65. The van der Waals surface area contributed by atoms with E-state index in [0.29, 0.717) is 27.1 Å². The molecule has 3 aromatic rings. The van der Waals surface area contributed by atoms with Crippen LogP contribution in [0.25, 0.3) is 4.96 Å². The number of hydrogen-bond donors (Lipinski definition) is 1. The first kappa shape index (κ1) is 18.0. The molecule has 0 atom stereocenters. The van der Waals surface area contributed by atoms with Crippen LogP contribution in [0, 0.1) is 13.8 Å². The third-order valence-corrected chi connectivity index (χ3v) is 5.97. The Morgan fingerprint density at radius 3 is 3.00 bits per heavy atom. The van der Waals surface area contributed by atoms with Crippen molar-refractivity contribution in [2.45, 2.75) is 19.6 Å². The van der Waals surface area contributed by atoms with Gasteiger partial charge < -0.3 is 5.32 Å². The zero-order valence-electron chi connectivity index (χ0n) is 13.7. The van der Waals surface area contributed by atoms with E-state index in [0.717, 1.165) is 11.3 Å². The topological polar surface area (TPSA) is 63.5 Å². The highest BCUT2D eigenvalue weighted by molar-refractivity contribution is 7.99. The summed E-state index contributed by atoms with van der Waals surface area (Å²) < 4.78 is 1.59. The molecule has 1 N–H and O–H groups in total. The molecule has 3 rings (SSSR count). The van der Waals surface area contributed by atoms with E-state index in [4.69, 9.17) is 11.6 Å². The van der Waals surface area contributed by atoms with E-state index in [1.54, 1.807) is 16.5 Å². The molecule has 8 heteroatoms. The van der Waals surface area contributed by atoms with Crippen LogP contribution >= 0.6 is 34.7 Å². The summed E-state index contributed by atoms with van der Waals surface area (Å²) >= 11 is 8.90. The minimum Gasteiger partial charge on any atom is -0.325 e. The third kappa shape index (κ3) is 4.05. The predicted molar refractivity (Wildman–Crippen MR) is 105 cm³/mol. The molecule has 0 bridgehead atoms. The molecule has 0 unspecified atom stereocenters. The summed E-state index contributed by atoms with van der Waals surface area (Å²) in [5, 5.41) is 5.38. The molecule has 2 heterocycles. The number of thiazole rings is 1. The molecule has 0 spiro atoms. The molecule has 25 heavy (non-hydrogen) atoms. The molecule has 0 aliphatic rings. The SMILES string of the molecule is Cc1c(Cl)cccc1NC(=O)CSCc1cc(=O)n2c(C)csc2n1. The number of nitrogens with zero attached hydrogens (tertiary/aromatic N) is 2. The summed E-state index contributed by atoms with van der Waals surface area (Å²) in [6.45, 7) is 3.74. The first-order chi connectivity index (χ1) is 12.0. The zero-order valence-corrected chi connectivity index (χ0v) is 16.1. The van der Waals surface area contributed by atoms with Crippen LogP contribution in [0.5, 0.6) is 0 Å². The number of rotatable bonds is 5. The molecular formula is C17H16ClN3O2S2. The second kappa shape index (κ2) is 7.59. The van der Waals surface area contributed by atoms with Gasteiger partial charge in [-0.05, 0) is 31.5 Å². The maximum Gasteiger partial charge on any atom is 0.258 e. The Hall–Kier alpha value is -1.83. The number of carbonyl (C=O) groups excluding carboxylic acids is 1. The number of aromatic nitrogens is 2. The number of carbonyl (C=O) groups is 1. The van der Waals surface area contributed by atoms with Crippen LogP contribution in [-0.2, 0) is 10.5 Å². The Morgan fingerprint density at radius 1 is 1.40 bits per heavy atom. The molecule has 0 radical (unpaired) electrons. The van der Waals surface area contributed by atoms with Crippen LogP contribution in [-0.4, -0.2) is 21.0 Å². The van der Waals surface area contributed by atoms with Gasteiger partial charge in [-0.3, -0.25) is 14.0 Å². The van der Waals surface area contributed by atoms with E-state index in [2.05, 4.69) is 10.3 Å². The predicted octanol–water partition coefficient (Wildman–Crippen LogP) is 3.90. The average molecular weight is 394 g/mol. The number of fused-ring (bicyclic) bond motifs is 1. The molecular weight excluding hydrogens is 378 g/mol. The number of nitrogens with one attached hydrogen (secondary N) is 1. The highest BCUT2D eigenvalue weighted by Crippen LogP contribution is 2.23. The summed E-state index contributed by atoms with van der Waals surface area (Å²) in [6, 6.07) is 6.93. The quantitative estimate of drug-likeness (QED) is 0.714. The van der Waals surface area contributed by atoms with Gasteiger partial charge in [0.15, 0.2) is 4.96 Å². The van der Waals surface area contributed by atoms with Crippen LogP contribution < -0.4 is 10.9 Å². The number of benzene rings is 1. The molecule has 5 nitrogen and oxygen atoms in total. The maximum absolute atomic E-state index is 12.1. The highest BCUT2D eigenvalue weighted by Gasteiger charge is 2.09. The zero-order chi connectivity index (χ0) is 18.0. The fourth-order valence-corrected chi connectivity index (χ4v) is 4.13. The number of anilines is 1. The number of halogens is 1. The summed E-state index contributed by atoms with van der Waals surface area (Å²) in [5.74, 6) is 0.668. The Bertz CT molecular complexity index is 997. The number of thioether (sulfide) groups is 1. The fraction of sp³-hybridized carbons (Fsp3) is 0.235. The molecule has 0 aliphatic heterocycles. The Labute approximate surface area is 158 Å². The van der Waals surface area contributed by atoms with E-state index >= 15 is 0 Å². The average Bonchev–Trinajstić information content (AvgIpc) is 2.93. The van der Waals surface area contributed by atoms with Crippen molar-refractivity contribution < 1.29 is 4.79 Å². The lowest BCUT2D eigenvalue weighted by Crippen LogP contribution is -2.16. The smallest absolute Gasteiger partial charge is 0.258 e. The van der Waals surface area contributed by atoms with E-state index < -0.39 is 0 Å². The van der Waals surface area contributed by atoms with Crippen molar-refractivity contribution >= 4 is 51.3 Å². The van der Waals surface area contributed by atoms with Crippen LogP contribution in [0.3, 0.4) is 0 Å². The van der Waals surface area contributed by atoms with Crippen molar-refractivity contribution in [2.24, 2.45) is 0 Å². The van der Waals surface area contributed by atoms with Gasteiger partial charge in [-0.15, -0.1) is 23.1 Å². The van der Waals surface area contributed by atoms with Crippen molar-refractivity contribution in [3.8, 4) is 0 Å².